The Morgan fingerprint density at radius 3 is 0.769 bits per heavy atom. The first-order valence-corrected chi connectivity index (χ1v) is 21.9. The van der Waals surface area contributed by atoms with E-state index in [4.69, 9.17) is 0 Å². The minimum atomic E-state index is 0.0294. The molecule has 7 heterocycles. The Hall–Kier alpha value is -3.02. The highest BCUT2D eigenvalue weighted by Crippen LogP contribution is 2.43. The summed E-state index contributed by atoms with van der Waals surface area (Å²) in [6, 6.07) is 46.2. The van der Waals surface area contributed by atoms with E-state index in [9.17, 15) is 0 Å². The Balaban J connectivity index is 1.26. The van der Waals surface area contributed by atoms with E-state index in [-0.39, 0.29) is 10.8 Å². The number of halogens is 2. The van der Waals surface area contributed by atoms with Gasteiger partial charge in [-0.05, 0) is 145 Å². The van der Waals surface area contributed by atoms with Crippen molar-refractivity contribution in [2.75, 3.05) is 0 Å². The first kappa shape index (κ1) is 37.3. The maximum absolute atomic E-state index is 4.06. The predicted molar refractivity (Wildman–Crippen MR) is 237 cm³/mol. The van der Waals surface area contributed by atoms with Gasteiger partial charge in [-0.25, -0.2) is 0 Å². The van der Waals surface area contributed by atoms with Gasteiger partial charge in [0, 0.05) is 32.0 Å². The molecule has 4 heteroatoms. The lowest BCUT2D eigenvalue weighted by Gasteiger charge is -2.23. The standard InChI is InChI=1S/C48H46Br2S2/c1-47(2,3)39-23-41-35-15-7-31(8-16-35)27-51-29-33-11-19-37(20-12-33)43-25-40(48(4,5)6)26-44(46(43)50)38-21-13-34(14-22-38)30-52-28-32-9-17-36(18-10-32)42(24-39)45(41)49/h7-26H,27-30H2,1-6H3. The molecule has 0 aliphatic carbocycles. The van der Waals surface area contributed by atoms with Crippen molar-refractivity contribution in [1.82, 2.24) is 0 Å². The van der Waals surface area contributed by atoms with Crippen molar-refractivity contribution in [2.45, 2.75) is 75.4 Å². The van der Waals surface area contributed by atoms with Crippen LogP contribution in [0, 0.1) is 0 Å². The van der Waals surface area contributed by atoms with Gasteiger partial charge in [0.05, 0.1) is 0 Å². The molecule has 13 rings (SSSR count). The van der Waals surface area contributed by atoms with Crippen LogP contribution in [0.2, 0.25) is 0 Å². The van der Waals surface area contributed by atoms with Crippen LogP contribution in [0.4, 0.5) is 0 Å². The molecule has 264 valence electrons. The van der Waals surface area contributed by atoms with Crippen molar-refractivity contribution >= 4 is 55.4 Å². The van der Waals surface area contributed by atoms with E-state index in [0.717, 1.165) is 32.0 Å². The number of thioether (sulfide) groups is 2. The van der Waals surface area contributed by atoms with Crippen molar-refractivity contribution in [3.8, 4) is 44.5 Å². The average Bonchev–Trinajstić information content (AvgIpc) is 3.12. The first-order valence-electron chi connectivity index (χ1n) is 18.0. The molecule has 0 nitrogen and oxygen atoms in total. The lowest BCUT2D eigenvalue weighted by molar-refractivity contribution is 0.590. The van der Waals surface area contributed by atoms with Gasteiger partial charge < -0.3 is 0 Å². The van der Waals surface area contributed by atoms with Gasteiger partial charge in [0.1, 0.15) is 0 Å². The smallest absolute Gasteiger partial charge is 0.0332 e. The summed E-state index contributed by atoms with van der Waals surface area (Å²) < 4.78 is 2.30. The summed E-state index contributed by atoms with van der Waals surface area (Å²) in [7, 11) is 0. The molecule has 52 heavy (non-hydrogen) atoms. The minimum Gasteiger partial charge on any atom is -0.152 e. The average molecular weight is 847 g/mol. The molecule has 0 saturated heterocycles. The van der Waals surface area contributed by atoms with Crippen molar-refractivity contribution < 1.29 is 0 Å². The van der Waals surface area contributed by atoms with Crippen LogP contribution in [-0.2, 0) is 33.8 Å². The zero-order valence-electron chi connectivity index (χ0n) is 30.9. The van der Waals surface area contributed by atoms with Crippen LogP contribution < -0.4 is 0 Å². The summed E-state index contributed by atoms with van der Waals surface area (Å²) in [6.45, 7) is 13.8. The third kappa shape index (κ3) is 8.36. The van der Waals surface area contributed by atoms with Crippen molar-refractivity contribution in [2.24, 2.45) is 0 Å². The fraction of sp³-hybridized carbons (Fsp3) is 0.250. The SMILES string of the molecule is CC(C)(C)c1cc2c(Br)c(c1)-c1ccc(cc1)CSCc1ccc(cc1)-c1cc(C(C)(C)C)cc(c1Br)-c1ccc(cc1)CSCc1ccc-2cc1. The van der Waals surface area contributed by atoms with Crippen LogP contribution in [0.3, 0.4) is 0 Å². The quantitative estimate of drug-likeness (QED) is 0.149. The lowest BCUT2D eigenvalue weighted by Crippen LogP contribution is -2.11. The highest BCUT2D eigenvalue weighted by atomic mass is 79.9. The highest BCUT2D eigenvalue weighted by molar-refractivity contribution is 9.11. The Bertz CT molecular complexity index is 1890. The van der Waals surface area contributed by atoms with Gasteiger partial charge in [0.25, 0.3) is 0 Å². The van der Waals surface area contributed by atoms with Crippen molar-refractivity contribution in [3.05, 3.63) is 164 Å². The Morgan fingerprint density at radius 2 is 0.577 bits per heavy atom. The van der Waals surface area contributed by atoms with Crippen LogP contribution in [0.25, 0.3) is 44.5 Å². The first-order chi connectivity index (χ1) is 24.8. The van der Waals surface area contributed by atoms with Crippen molar-refractivity contribution in [1.29, 1.82) is 0 Å². The van der Waals surface area contributed by atoms with E-state index in [2.05, 4.69) is 195 Å². The largest absolute Gasteiger partial charge is 0.152 e. The van der Waals surface area contributed by atoms with Gasteiger partial charge in [-0.15, -0.1) is 0 Å². The minimum absolute atomic E-state index is 0.0294. The number of hydrogen-bond acceptors (Lipinski definition) is 2. The predicted octanol–water partition coefficient (Wildman–Crippen LogP) is 15.7. The molecule has 6 aromatic rings. The second kappa shape index (κ2) is 15.4. The molecular formula is C48H46Br2S2. The molecule has 0 aromatic heterocycles. The molecule has 12 bridgehead atoms. The number of benzene rings is 6. The third-order valence-electron chi connectivity index (χ3n) is 10.0. The van der Waals surface area contributed by atoms with E-state index in [1.54, 1.807) is 0 Å². The lowest BCUT2D eigenvalue weighted by atomic mass is 9.83. The van der Waals surface area contributed by atoms with E-state index >= 15 is 0 Å². The van der Waals surface area contributed by atoms with Crippen LogP contribution in [0.5, 0.6) is 0 Å². The van der Waals surface area contributed by atoms with Crippen LogP contribution in [0.15, 0.2) is 130 Å². The monoisotopic (exact) mass is 844 g/mol. The number of hydrogen-bond donors (Lipinski definition) is 0. The highest BCUT2D eigenvalue weighted by Gasteiger charge is 2.21. The maximum atomic E-state index is 4.06. The maximum Gasteiger partial charge on any atom is 0.0332 e. The summed E-state index contributed by atoms with van der Waals surface area (Å²) in [5.41, 5.74) is 18.0. The molecule has 0 saturated carbocycles. The van der Waals surface area contributed by atoms with Crippen LogP contribution >= 0.6 is 55.4 Å². The van der Waals surface area contributed by atoms with E-state index in [1.165, 1.54) is 77.9 Å². The zero-order valence-corrected chi connectivity index (χ0v) is 35.8. The summed E-state index contributed by atoms with van der Waals surface area (Å²) in [5.74, 6) is 3.90. The Labute approximate surface area is 336 Å². The summed E-state index contributed by atoms with van der Waals surface area (Å²) in [6.07, 6.45) is 0. The van der Waals surface area contributed by atoms with Gasteiger partial charge in [-0.2, -0.15) is 23.5 Å². The second-order valence-electron chi connectivity index (χ2n) is 16.0. The van der Waals surface area contributed by atoms with Gasteiger partial charge in [-0.1, -0.05) is 139 Å². The molecule has 0 atom stereocenters. The molecule has 0 spiro atoms. The Morgan fingerprint density at radius 1 is 0.365 bits per heavy atom. The summed E-state index contributed by atoms with van der Waals surface area (Å²) in [5, 5.41) is 0. The van der Waals surface area contributed by atoms with Gasteiger partial charge >= 0.3 is 0 Å². The summed E-state index contributed by atoms with van der Waals surface area (Å²) >= 11 is 12.1. The fourth-order valence-electron chi connectivity index (χ4n) is 6.65. The molecule has 0 N–H and O–H groups in total. The van der Waals surface area contributed by atoms with Gasteiger partial charge in [0.2, 0.25) is 0 Å². The normalized spacial score (nSPS) is 13.7. The van der Waals surface area contributed by atoms with Crippen LogP contribution in [0.1, 0.15) is 74.9 Å². The third-order valence-corrected chi connectivity index (χ3v) is 13.9. The molecule has 6 aromatic carbocycles. The zero-order chi connectivity index (χ0) is 36.6. The van der Waals surface area contributed by atoms with Gasteiger partial charge in [0.15, 0.2) is 0 Å². The van der Waals surface area contributed by atoms with Gasteiger partial charge in [-0.3, -0.25) is 0 Å². The molecule has 7 aliphatic rings. The molecule has 7 aliphatic heterocycles. The van der Waals surface area contributed by atoms with E-state index < -0.39 is 0 Å². The number of rotatable bonds is 0. The molecule has 0 unspecified atom stereocenters. The van der Waals surface area contributed by atoms with Crippen molar-refractivity contribution in [3.63, 3.8) is 0 Å². The molecule has 0 fully saturated rings. The van der Waals surface area contributed by atoms with E-state index in [0.29, 0.717) is 0 Å². The summed E-state index contributed by atoms with van der Waals surface area (Å²) in [4.78, 5) is 0. The molecule has 0 amide bonds. The Kier molecular flexibility index (Phi) is 11.0. The fourth-order valence-corrected chi connectivity index (χ4v) is 9.94. The van der Waals surface area contributed by atoms with E-state index in [1.807, 2.05) is 23.5 Å². The topological polar surface area (TPSA) is 0 Å². The van der Waals surface area contributed by atoms with Crippen LogP contribution in [-0.4, -0.2) is 0 Å². The molecule has 0 radical (unpaired) electrons. The second-order valence-corrected chi connectivity index (χ2v) is 19.6. The molecular weight excluding hydrogens is 800 g/mol.